The molecule has 0 atom stereocenters. The molecule has 0 aliphatic rings. The molecule has 3 nitrogen and oxygen atoms in total. The molecule has 0 heterocycles. The second-order valence-electron chi connectivity index (χ2n) is 4.94. The van der Waals surface area contributed by atoms with Crippen LogP contribution in [0.3, 0.4) is 0 Å². The molecular formula is C15H17NO2S. The van der Waals surface area contributed by atoms with Gasteiger partial charge in [0.25, 0.3) is 0 Å². The molecule has 1 N–H and O–H groups in total. The number of rotatable bonds is 4. The fourth-order valence-electron chi connectivity index (χ4n) is 1.82. The molecule has 2 rings (SSSR count). The van der Waals surface area contributed by atoms with E-state index in [0.717, 1.165) is 15.4 Å². The van der Waals surface area contributed by atoms with Crippen LogP contribution < -0.4 is 0 Å². The largest absolute Gasteiger partial charge is 0.633 e. The molecule has 0 spiro atoms. The maximum Gasteiger partial charge on any atom is 0.116 e. The summed E-state index contributed by atoms with van der Waals surface area (Å²) in [5.41, 5.74) is 1.02. The van der Waals surface area contributed by atoms with Crippen LogP contribution in [0.1, 0.15) is 5.56 Å². The van der Waals surface area contributed by atoms with Crippen molar-refractivity contribution in [3.05, 3.63) is 59.3 Å². The molecular weight excluding hydrogens is 258 g/mol. The first-order valence-corrected chi connectivity index (χ1v) is 6.84. The van der Waals surface area contributed by atoms with Crippen LogP contribution in [0.2, 0.25) is 0 Å². The third kappa shape index (κ3) is 4.28. The molecule has 0 unspecified atom stereocenters. The third-order valence-electron chi connectivity index (χ3n) is 2.57. The lowest BCUT2D eigenvalue weighted by atomic mass is 10.2. The number of hydrogen-bond donors (Lipinski definition) is 1. The summed E-state index contributed by atoms with van der Waals surface area (Å²) in [7, 11) is 3.27. The second kappa shape index (κ2) is 5.65. The first-order valence-electron chi connectivity index (χ1n) is 6.03. The van der Waals surface area contributed by atoms with Gasteiger partial charge in [-0.2, -0.15) is 0 Å². The SMILES string of the molecule is C[N+](C)([O-])Cc1ccccc1Sc1cccc(O)c1. The summed E-state index contributed by atoms with van der Waals surface area (Å²) in [5.74, 6) is 0.252. The minimum atomic E-state index is -0.350. The summed E-state index contributed by atoms with van der Waals surface area (Å²) >= 11 is 1.56. The summed E-state index contributed by atoms with van der Waals surface area (Å²) in [5, 5.41) is 21.3. The average Bonchev–Trinajstić information content (AvgIpc) is 2.30. The fourth-order valence-corrected chi connectivity index (χ4v) is 2.81. The first-order chi connectivity index (χ1) is 8.94. The minimum absolute atomic E-state index is 0.252. The van der Waals surface area contributed by atoms with Gasteiger partial charge in [-0.3, -0.25) is 0 Å². The van der Waals surface area contributed by atoms with E-state index < -0.39 is 0 Å². The molecule has 100 valence electrons. The lowest BCUT2D eigenvalue weighted by Gasteiger charge is -2.34. The molecule has 0 radical (unpaired) electrons. The topological polar surface area (TPSA) is 43.3 Å². The van der Waals surface area contributed by atoms with E-state index in [-0.39, 0.29) is 10.4 Å². The van der Waals surface area contributed by atoms with Crippen LogP contribution in [0.25, 0.3) is 0 Å². The van der Waals surface area contributed by atoms with Gasteiger partial charge < -0.3 is 15.0 Å². The Balaban J connectivity index is 2.25. The highest BCUT2D eigenvalue weighted by Crippen LogP contribution is 2.32. The van der Waals surface area contributed by atoms with Gasteiger partial charge in [0.05, 0.1) is 14.1 Å². The van der Waals surface area contributed by atoms with Crippen molar-refractivity contribution in [2.45, 2.75) is 16.3 Å². The smallest absolute Gasteiger partial charge is 0.116 e. The van der Waals surface area contributed by atoms with Crippen molar-refractivity contribution in [3.63, 3.8) is 0 Å². The lowest BCUT2D eigenvalue weighted by Crippen LogP contribution is -2.31. The molecule has 2 aromatic carbocycles. The Morgan fingerprint density at radius 1 is 1.11 bits per heavy atom. The zero-order valence-corrected chi connectivity index (χ0v) is 11.9. The van der Waals surface area contributed by atoms with E-state index in [1.165, 1.54) is 0 Å². The predicted octanol–water partition coefficient (Wildman–Crippen LogP) is 3.62. The van der Waals surface area contributed by atoms with Gasteiger partial charge in [0.2, 0.25) is 0 Å². The van der Waals surface area contributed by atoms with Crippen molar-refractivity contribution < 1.29 is 9.75 Å². The molecule has 4 heteroatoms. The molecule has 0 aliphatic carbocycles. The van der Waals surface area contributed by atoms with E-state index in [4.69, 9.17) is 0 Å². The van der Waals surface area contributed by atoms with Gasteiger partial charge >= 0.3 is 0 Å². The monoisotopic (exact) mass is 275 g/mol. The maximum atomic E-state index is 11.8. The van der Waals surface area contributed by atoms with E-state index in [2.05, 4.69) is 0 Å². The van der Waals surface area contributed by atoms with Gasteiger partial charge in [-0.1, -0.05) is 36.0 Å². The molecule has 19 heavy (non-hydrogen) atoms. The van der Waals surface area contributed by atoms with E-state index >= 15 is 0 Å². The van der Waals surface area contributed by atoms with Gasteiger partial charge in [0, 0.05) is 15.4 Å². The van der Waals surface area contributed by atoms with Crippen molar-refractivity contribution in [2.24, 2.45) is 0 Å². The Morgan fingerprint density at radius 2 is 1.84 bits per heavy atom. The van der Waals surface area contributed by atoms with Gasteiger partial charge in [-0.25, -0.2) is 0 Å². The predicted molar refractivity (Wildman–Crippen MR) is 77.9 cm³/mol. The Kier molecular flexibility index (Phi) is 4.14. The second-order valence-corrected chi connectivity index (χ2v) is 6.05. The maximum absolute atomic E-state index is 11.8. The van der Waals surface area contributed by atoms with Crippen molar-refractivity contribution in [1.82, 2.24) is 0 Å². The van der Waals surface area contributed by atoms with Crippen molar-refractivity contribution in [2.75, 3.05) is 14.1 Å². The van der Waals surface area contributed by atoms with E-state index in [1.807, 2.05) is 36.4 Å². The Bertz CT molecular complexity index is 564. The molecule has 0 aromatic heterocycles. The zero-order valence-electron chi connectivity index (χ0n) is 11.0. The number of aromatic hydroxyl groups is 1. The Morgan fingerprint density at radius 3 is 2.53 bits per heavy atom. The summed E-state index contributed by atoms with van der Waals surface area (Å²) in [4.78, 5) is 2.01. The highest BCUT2D eigenvalue weighted by atomic mass is 32.2. The first kappa shape index (κ1) is 13.9. The van der Waals surface area contributed by atoms with Crippen LogP contribution in [0.15, 0.2) is 58.3 Å². The summed E-state index contributed by atoms with van der Waals surface area (Å²) in [6, 6.07) is 15.0. The van der Waals surface area contributed by atoms with Crippen molar-refractivity contribution >= 4 is 11.8 Å². The summed E-state index contributed by atoms with van der Waals surface area (Å²) in [6.45, 7) is 0.433. The number of benzene rings is 2. The molecule has 2 aromatic rings. The lowest BCUT2D eigenvalue weighted by molar-refractivity contribution is -0.854. The standard InChI is InChI=1S/C15H17NO2S/c1-16(2,18)11-12-6-3-4-9-15(12)19-14-8-5-7-13(17)10-14/h3-10,17H,11H2,1-2H3. The highest BCUT2D eigenvalue weighted by Gasteiger charge is 2.10. The van der Waals surface area contributed by atoms with E-state index in [9.17, 15) is 10.3 Å². The quantitative estimate of drug-likeness (QED) is 0.684. The molecule has 0 saturated carbocycles. The highest BCUT2D eigenvalue weighted by molar-refractivity contribution is 7.99. The molecule has 0 bridgehead atoms. The number of nitrogens with zero attached hydrogens (tertiary/aromatic N) is 1. The number of hydroxylamine groups is 3. The molecule has 0 amide bonds. The van der Waals surface area contributed by atoms with E-state index in [0.29, 0.717) is 6.54 Å². The number of hydrogen-bond acceptors (Lipinski definition) is 3. The van der Waals surface area contributed by atoms with Gasteiger partial charge in [-0.15, -0.1) is 0 Å². The third-order valence-corrected chi connectivity index (χ3v) is 3.68. The van der Waals surface area contributed by atoms with Gasteiger partial charge in [0.1, 0.15) is 12.3 Å². The van der Waals surface area contributed by atoms with Crippen LogP contribution in [-0.2, 0) is 6.54 Å². The zero-order chi connectivity index (χ0) is 13.9. The average molecular weight is 275 g/mol. The van der Waals surface area contributed by atoms with Gasteiger partial charge in [0.15, 0.2) is 0 Å². The normalized spacial score (nSPS) is 11.5. The van der Waals surface area contributed by atoms with Crippen molar-refractivity contribution in [3.8, 4) is 5.75 Å². The number of quaternary nitrogens is 1. The van der Waals surface area contributed by atoms with Gasteiger partial charge in [-0.05, 0) is 24.3 Å². The van der Waals surface area contributed by atoms with Crippen LogP contribution >= 0.6 is 11.8 Å². The molecule has 0 saturated heterocycles. The summed E-state index contributed by atoms with van der Waals surface area (Å²) in [6.07, 6.45) is 0. The minimum Gasteiger partial charge on any atom is -0.633 e. The number of phenols is 1. The number of phenolic OH excluding ortho intramolecular Hbond substituents is 1. The van der Waals surface area contributed by atoms with Crippen molar-refractivity contribution in [1.29, 1.82) is 0 Å². The fraction of sp³-hybridized carbons (Fsp3) is 0.200. The van der Waals surface area contributed by atoms with E-state index in [1.54, 1.807) is 38.0 Å². The summed E-state index contributed by atoms with van der Waals surface area (Å²) < 4.78 is -0.350. The Hall–Kier alpha value is -1.49. The van der Waals surface area contributed by atoms with Crippen LogP contribution in [0.4, 0.5) is 0 Å². The van der Waals surface area contributed by atoms with Crippen LogP contribution in [0.5, 0.6) is 5.75 Å². The molecule has 0 aliphatic heterocycles. The van der Waals surface area contributed by atoms with Crippen LogP contribution in [-0.4, -0.2) is 23.8 Å². The van der Waals surface area contributed by atoms with Crippen LogP contribution in [0, 0.1) is 5.21 Å². The molecule has 0 fully saturated rings. The Labute approximate surface area is 117 Å².